The maximum Gasteiger partial charge on any atom is 0.159 e. The molecule has 5 heteroatoms. The number of amidine groups is 2. The maximum absolute atomic E-state index is 6.62. The van der Waals surface area contributed by atoms with Crippen molar-refractivity contribution in [2.75, 3.05) is 0 Å². The Bertz CT molecular complexity index is 3810. The first kappa shape index (κ1) is 34.9. The van der Waals surface area contributed by atoms with Gasteiger partial charge < -0.3 is 9.73 Å². The number of fused-ring (bicyclic) bond motifs is 12. The van der Waals surface area contributed by atoms with E-state index in [0.717, 1.165) is 50.0 Å². The smallest absolute Gasteiger partial charge is 0.159 e. The van der Waals surface area contributed by atoms with Gasteiger partial charge in [-0.2, -0.15) is 0 Å². The van der Waals surface area contributed by atoms with Crippen molar-refractivity contribution in [3.63, 3.8) is 0 Å². The highest BCUT2D eigenvalue weighted by atomic mass is 32.1. The summed E-state index contributed by atoms with van der Waals surface area (Å²) in [6, 6.07) is 71.5. The fourth-order valence-electron chi connectivity index (χ4n) is 9.64. The second-order valence-electron chi connectivity index (χ2n) is 16.1. The quantitative estimate of drug-likeness (QED) is 0.176. The maximum atomic E-state index is 6.62. The Labute approximate surface area is 360 Å². The minimum absolute atomic E-state index is 0.350. The van der Waals surface area contributed by atoms with Crippen molar-refractivity contribution >= 4 is 97.4 Å². The van der Waals surface area contributed by atoms with E-state index in [0.29, 0.717) is 5.84 Å². The zero-order chi connectivity index (χ0) is 40.7. The number of thiophene rings is 1. The number of aliphatic imine (C=N–C) groups is 2. The zero-order valence-corrected chi connectivity index (χ0v) is 34.2. The van der Waals surface area contributed by atoms with Crippen molar-refractivity contribution in [3.8, 4) is 22.3 Å². The zero-order valence-electron chi connectivity index (χ0n) is 33.3. The molecule has 10 aromatic carbocycles. The molecule has 0 bridgehead atoms. The van der Waals surface area contributed by atoms with Gasteiger partial charge in [0.05, 0.1) is 0 Å². The molecule has 12 aromatic rings. The van der Waals surface area contributed by atoms with E-state index in [1.165, 1.54) is 69.2 Å². The predicted octanol–water partition coefficient (Wildman–Crippen LogP) is 15.2. The average molecular weight is 810 g/mol. The van der Waals surface area contributed by atoms with E-state index in [2.05, 4.69) is 199 Å². The van der Waals surface area contributed by atoms with Crippen LogP contribution in [0.5, 0.6) is 0 Å². The number of benzene rings is 10. The summed E-state index contributed by atoms with van der Waals surface area (Å²) >= 11 is 1.85. The van der Waals surface area contributed by atoms with Gasteiger partial charge in [-0.3, -0.25) is 0 Å². The van der Waals surface area contributed by atoms with Gasteiger partial charge in [-0.05, 0) is 103 Å². The second-order valence-corrected chi connectivity index (χ2v) is 17.2. The first-order valence-electron chi connectivity index (χ1n) is 21.0. The van der Waals surface area contributed by atoms with Gasteiger partial charge in [-0.25, -0.2) is 9.98 Å². The van der Waals surface area contributed by atoms with E-state index >= 15 is 0 Å². The van der Waals surface area contributed by atoms with Crippen LogP contribution in [0.4, 0.5) is 0 Å². The summed E-state index contributed by atoms with van der Waals surface area (Å²) in [6.07, 6.45) is -0.350. The van der Waals surface area contributed by atoms with Crippen LogP contribution < -0.4 is 5.32 Å². The fraction of sp³-hybridized carbons (Fsp3) is 0.0175. The molecule has 0 radical (unpaired) electrons. The Hall–Kier alpha value is -7.86. The molecule has 0 fully saturated rings. The summed E-state index contributed by atoms with van der Waals surface area (Å²) in [4.78, 5) is 10.7. The topological polar surface area (TPSA) is 49.9 Å². The average Bonchev–Trinajstić information content (AvgIpc) is 3.92. The molecular weight excluding hydrogens is 775 g/mol. The summed E-state index contributed by atoms with van der Waals surface area (Å²) in [5.74, 6) is 1.44. The van der Waals surface area contributed by atoms with Crippen LogP contribution in [0.25, 0.3) is 96.7 Å². The van der Waals surface area contributed by atoms with Crippen LogP contribution in [0.15, 0.2) is 215 Å². The summed E-state index contributed by atoms with van der Waals surface area (Å²) < 4.78 is 9.17. The molecule has 0 saturated heterocycles. The summed E-state index contributed by atoms with van der Waals surface area (Å²) in [7, 11) is 0. The van der Waals surface area contributed by atoms with Crippen molar-refractivity contribution in [3.05, 3.63) is 217 Å². The Balaban J connectivity index is 0.987. The molecule has 0 saturated carbocycles. The normalized spacial score (nSPS) is 14.3. The molecule has 0 amide bonds. The van der Waals surface area contributed by atoms with E-state index < -0.39 is 0 Å². The molecular formula is C57H35N3OS. The molecule has 1 N–H and O–H groups in total. The number of furan rings is 1. The number of nitrogens with zero attached hydrogens (tertiary/aromatic N) is 2. The Morgan fingerprint density at radius 2 is 1.03 bits per heavy atom. The minimum atomic E-state index is -0.350. The van der Waals surface area contributed by atoms with Crippen molar-refractivity contribution in [1.29, 1.82) is 0 Å². The van der Waals surface area contributed by atoms with Crippen molar-refractivity contribution in [2.24, 2.45) is 9.98 Å². The van der Waals surface area contributed by atoms with Crippen molar-refractivity contribution in [1.82, 2.24) is 5.32 Å². The largest absolute Gasteiger partial charge is 0.456 e. The van der Waals surface area contributed by atoms with Crippen LogP contribution in [-0.2, 0) is 0 Å². The number of hydrogen-bond acceptors (Lipinski definition) is 5. The molecule has 1 unspecified atom stereocenters. The molecule has 2 aromatic heterocycles. The monoisotopic (exact) mass is 809 g/mol. The van der Waals surface area contributed by atoms with Crippen molar-refractivity contribution in [2.45, 2.75) is 6.17 Å². The molecule has 1 aliphatic rings. The van der Waals surface area contributed by atoms with Crippen LogP contribution >= 0.6 is 11.3 Å². The molecule has 3 heterocycles. The standard InChI is InChI=1S/C57H35N3OS/c1-3-13-34(14-4-1)36-27-30-51-48(31-36)54-39(21-12-24-52(54)62-51)37-26-29-49-47(32-37)53-45(22-11-23-50(53)61-49)57-59-55(35-15-5-2-6-16-35)58-56(60-57)38-25-28-44-42-19-8-7-17-40(42)41-18-9-10-20-43(41)46(44)33-38/h1-33,55H,(H,58,59,60). The lowest BCUT2D eigenvalue weighted by Gasteiger charge is -2.24. The summed E-state index contributed by atoms with van der Waals surface area (Å²) in [6.45, 7) is 0. The van der Waals surface area contributed by atoms with Crippen LogP contribution in [0.2, 0.25) is 0 Å². The van der Waals surface area contributed by atoms with Gasteiger partial charge in [-0.1, -0.05) is 158 Å². The van der Waals surface area contributed by atoms with E-state index in [4.69, 9.17) is 14.4 Å². The first-order chi connectivity index (χ1) is 30.7. The lowest BCUT2D eigenvalue weighted by molar-refractivity contribution is 0.668. The SMILES string of the molecule is c1ccc(-c2ccc3sc4cccc(-c5ccc6oc7cccc(C8=NC(c9ccc%10c%11ccccc%11c%11ccccc%11c%10c9)=NC(c9ccccc9)N8)c7c6c5)c4c3c2)cc1. The van der Waals surface area contributed by atoms with Gasteiger partial charge in [0.15, 0.2) is 5.84 Å². The van der Waals surface area contributed by atoms with E-state index in [1.807, 2.05) is 17.4 Å². The van der Waals surface area contributed by atoms with Gasteiger partial charge in [0, 0.05) is 42.1 Å². The third kappa shape index (κ3) is 5.52. The van der Waals surface area contributed by atoms with Gasteiger partial charge in [0.25, 0.3) is 0 Å². The van der Waals surface area contributed by atoms with Crippen LogP contribution in [-0.4, -0.2) is 11.7 Å². The minimum Gasteiger partial charge on any atom is -0.456 e. The van der Waals surface area contributed by atoms with E-state index in [9.17, 15) is 0 Å². The van der Waals surface area contributed by atoms with Crippen molar-refractivity contribution < 1.29 is 4.42 Å². The molecule has 290 valence electrons. The highest BCUT2D eigenvalue weighted by Crippen LogP contribution is 2.44. The molecule has 1 atom stereocenters. The third-order valence-electron chi connectivity index (χ3n) is 12.5. The molecule has 4 nitrogen and oxygen atoms in total. The van der Waals surface area contributed by atoms with Crippen LogP contribution in [0.3, 0.4) is 0 Å². The first-order valence-corrected chi connectivity index (χ1v) is 21.8. The van der Waals surface area contributed by atoms with E-state index in [-0.39, 0.29) is 6.17 Å². The molecule has 0 spiro atoms. The summed E-state index contributed by atoms with van der Waals surface area (Å²) in [5, 5.41) is 15.7. The Morgan fingerprint density at radius 3 is 1.82 bits per heavy atom. The molecule has 1 aliphatic heterocycles. The lowest BCUT2D eigenvalue weighted by Crippen LogP contribution is -2.33. The lowest BCUT2D eigenvalue weighted by atomic mass is 9.93. The molecule has 13 rings (SSSR count). The number of hydrogen-bond donors (Lipinski definition) is 1. The number of nitrogens with one attached hydrogen (secondary N) is 1. The van der Waals surface area contributed by atoms with Gasteiger partial charge >= 0.3 is 0 Å². The highest BCUT2D eigenvalue weighted by molar-refractivity contribution is 7.26. The Kier molecular flexibility index (Phi) is 7.81. The van der Waals surface area contributed by atoms with Gasteiger partial charge in [0.1, 0.15) is 23.2 Å². The molecule has 62 heavy (non-hydrogen) atoms. The Morgan fingerprint density at radius 1 is 0.403 bits per heavy atom. The second kappa shape index (κ2) is 13.8. The highest BCUT2D eigenvalue weighted by Gasteiger charge is 2.25. The van der Waals surface area contributed by atoms with Gasteiger partial charge in [-0.15, -0.1) is 11.3 Å². The summed E-state index contributed by atoms with van der Waals surface area (Å²) in [5.41, 5.74) is 9.43. The number of rotatable bonds is 5. The van der Waals surface area contributed by atoms with E-state index in [1.54, 1.807) is 0 Å². The fourth-order valence-corrected chi connectivity index (χ4v) is 10.7. The van der Waals surface area contributed by atoms with Gasteiger partial charge in [0.2, 0.25) is 0 Å². The molecule has 0 aliphatic carbocycles. The predicted molar refractivity (Wildman–Crippen MR) is 262 cm³/mol. The van der Waals surface area contributed by atoms with Crippen LogP contribution in [0.1, 0.15) is 22.9 Å². The third-order valence-corrected chi connectivity index (χ3v) is 13.7. The van der Waals surface area contributed by atoms with Crippen LogP contribution in [0, 0.1) is 0 Å².